The molecule has 0 radical (unpaired) electrons. The van der Waals surface area contributed by atoms with E-state index in [4.69, 9.17) is 11.6 Å². The van der Waals surface area contributed by atoms with Crippen LogP contribution >= 0.6 is 11.6 Å². The second-order valence-corrected chi connectivity index (χ2v) is 5.37. The van der Waals surface area contributed by atoms with Crippen LogP contribution in [0.15, 0.2) is 18.2 Å². The van der Waals surface area contributed by atoms with E-state index in [0.29, 0.717) is 25.9 Å². The zero-order valence-electron chi connectivity index (χ0n) is 11.7. The minimum absolute atomic E-state index is 0.00111. The van der Waals surface area contributed by atoms with Gasteiger partial charge in [0.2, 0.25) is 5.91 Å². The summed E-state index contributed by atoms with van der Waals surface area (Å²) in [6, 6.07) is 3.71. The molecular formula is C14H17ClFN3O2. The smallest absolute Gasteiger partial charge is 0.321 e. The molecule has 114 valence electrons. The molecule has 1 heterocycles. The summed E-state index contributed by atoms with van der Waals surface area (Å²) in [7, 11) is 1.60. The Morgan fingerprint density at radius 1 is 1.33 bits per heavy atom. The number of hydrogen-bond acceptors (Lipinski definition) is 2. The first-order valence-corrected chi connectivity index (χ1v) is 7.11. The molecular weight excluding hydrogens is 297 g/mol. The molecule has 0 aromatic heterocycles. The SMILES string of the molecule is CNC(=O)C1CCN(C(=O)Nc2ccc(Cl)cc2F)CC1. The van der Waals surface area contributed by atoms with E-state index in [2.05, 4.69) is 10.6 Å². The Hall–Kier alpha value is -1.82. The second kappa shape index (κ2) is 6.76. The molecule has 7 heteroatoms. The highest BCUT2D eigenvalue weighted by Crippen LogP contribution is 2.21. The number of benzene rings is 1. The van der Waals surface area contributed by atoms with Gasteiger partial charge in [-0.15, -0.1) is 0 Å². The number of piperidine rings is 1. The number of anilines is 1. The summed E-state index contributed by atoms with van der Waals surface area (Å²) in [4.78, 5) is 25.2. The minimum atomic E-state index is -0.573. The number of nitrogens with one attached hydrogen (secondary N) is 2. The maximum absolute atomic E-state index is 13.6. The first kappa shape index (κ1) is 15.6. The number of likely N-dealkylation sites (tertiary alicyclic amines) is 1. The molecule has 21 heavy (non-hydrogen) atoms. The normalized spacial score (nSPS) is 15.7. The number of carbonyl (C=O) groups excluding carboxylic acids is 2. The van der Waals surface area contributed by atoms with Gasteiger partial charge in [-0.05, 0) is 31.0 Å². The Morgan fingerprint density at radius 2 is 2.00 bits per heavy atom. The zero-order valence-corrected chi connectivity index (χ0v) is 12.4. The molecule has 2 N–H and O–H groups in total. The molecule has 1 aliphatic rings. The first-order chi connectivity index (χ1) is 10.0. The minimum Gasteiger partial charge on any atom is -0.359 e. The molecule has 0 bridgehead atoms. The van der Waals surface area contributed by atoms with Crippen LogP contribution in [0.2, 0.25) is 5.02 Å². The van der Waals surface area contributed by atoms with Crippen molar-refractivity contribution >= 4 is 29.2 Å². The molecule has 1 aliphatic heterocycles. The Labute approximate surface area is 127 Å². The number of rotatable bonds is 2. The first-order valence-electron chi connectivity index (χ1n) is 6.74. The van der Waals surface area contributed by atoms with E-state index >= 15 is 0 Å². The van der Waals surface area contributed by atoms with Crippen molar-refractivity contribution in [2.75, 3.05) is 25.5 Å². The van der Waals surface area contributed by atoms with E-state index in [1.54, 1.807) is 11.9 Å². The summed E-state index contributed by atoms with van der Waals surface area (Å²) in [5.74, 6) is -0.638. The lowest BCUT2D eigenvalue weighted by atomic mass is 9.96. The molecule has 3 amide bonds. The molecule has 0 spiro atoms. The van der Waals surface area contributed by atoms with E-state index in [0.717, 1.165) is 6.07 Å². The summed E-state index contributed by atoms with van der Waals surface area (Å²) in [6.45, 7) is 0.943. The number of amides is 3. The molecule has 0 saturated carbocycles. The van der Waals surface area contributed by atoms with Gasteiger partial charge in [0.15, 0.2) is 0 Å². The van der Waals surface area contributed by atoms with Gasteiger partial charge >= 0.3 is 6.03 Å². The van der Waals surface area contributed by atoms with Crippen LogP contribution in [0.25, 0.3) is 0 Å². The summed E-state index contributed by atoms with van der Waals surface area (Å²) in [6.07, 6.45) is 1.21. The Kier molecular flexibility index (Phi) is 5.01. The van der Waals surface area contributed by atoms with Gasteiger partial charge in [0.1, 0.15) is 5.82 Å². The van der Waals surface area contributed by atoms with Gasteiger partial charge in [-0.25, -0.2) is 9.18 Å². The third-order valence-corrected chi connectivity index (χ3v) is 3.81. The molecule has 5 nitrogen and oxygen atoms in total. The zero-order chi connectivity index (χ0) is 15.4. The van der Waals surface area contributed by atoms with Crippen molar-refractivity contribution in [1.29, 1.82) is 0 Å². The van der Waals surface area contributed by atoms with Gasteiger partial charge in [0, 0.05) is 31.1 Å². The van der Waals surface area contributed by atoms with Crippen molar-refractivity contribution < 1.29 is 14.0 Å². The Balaban J connectivity index is 1.92. The number of carbonyl (C=O) groups is 2. The monoisotopic (exact) mass is 313 g/mol. The van der Waals surface area contributed by atoms with Gasteiger partial charge < -0.3 is 15.5 Å². The molecule has 0 aliphatic carbocycles. The van der Waals surface area contributed by atoms with Gasteiger partial charge in [-0.3, -0.25) is 4.79 Å². The summed E-state index contributed by atoms with van der Waals surface area (Å²) in [5, 5.41) is 5.40. The van der Waals surface area contributed by atoms with Crippen molar-refractivity contribution in [2.24, 2.45) is 5.92 Å². The quantitative estimate of drug-likeness (QED) is 0.881. The maximum atomic E-state index is 13.6. The van der Waals surface area contributed by atoms with Crippen LogP contribution < -0.4 is 10.6 Å². The van der Waals surface area contributed by atoms with Crippen molar-refractivity contribution in [2.45, 2.75) is 12.8 Å². The number of urea groups is 1. The van der Waals surface area contributed by atoms with Gasteiger partial charge in [0.25, 0.3) is 0 Å². The molecule has 2 rings (SSSR count). The molecule has 0 unspecified atom stereocenters. The molecule has 0 atom stereocenters. The summed E-state index contributed by atoms with van der Waals surface area (Å²) >= 11 is 5.66. The Morgan fingerprint density at radius 3 is 2.57 bits per heavy atom. The van der Waals surface area contributed by atoms with Crippen molar-refractivity contribution in [1.82, 2.24) is 10.2 Å². The number of nitrogens with zero attached hydrogens (tertiary/aromatic N) is 1. The molecule has 1 fully saturated rings. The van der Waals surface area contributed by atoms with E-state index in [1.165, 1.54) is 12.1 Å². The molecule has 1 aromatic rings. The van der Waals surface area contributed by atoms with Crippen molar-refractivity contribution in [3.05, 3.63) is 29.0 Å². The number of halogens is 2. The van der Waals surface area contributed by atoms with E-state index in [9.17, 15) is 14.0 Å². The number of hydrogen-bond donors (Lipinski definition) is 2. The predicted molar refractivity (Wildman–Crippen MR) is 78.8 cm³/mol. The van der Waals surface area contributed by atoms with Gasteiger partial charge in [-0.2, -0.15) is 0 Å². The highest BCUT2D eigenvalue weighted by molar-refractivity contribution is 6.30. The van der Waals surface area contributed by atoms with Gasteiger partial charge in [0.05, 0.1) is 5.69 Å². The van der Waals surface area contributed by atoms with Crippen LogP contribution in [0.3, 0.4) is 0 Å². The summed E-state index contributed by atoms with van der Waals surface area (Å²) < 4.78 is 13.6. The van der Waals surface area contributed by atoms with Crippen LogP contribution in [0, 0.1) is 11.7 Å². The average molecular weight is 314 g/mol. The lowest BCUT2D eigenvalue weighted by molar-refractivity contribution is -0.125. The average Bonchev–Trinajstić information content (AvgIpc) is 2.49. The Bertz CT molecular complexity index is 545. The lowest BCUT2D eigenvalue weighted by Crippen LogP contribution is -2.44. The maximum Gasteiger partial charge on any atom is 0.321 e. The van der Waals surface area contributed by atoms with Crippen LogP contribution in [-0.4, -0.2) is 37.0 Å². The highest BCUT2D eigenvalue weighted by atomic mass is 35.5. The van der Waals surface area contributed by atoms with E-state index in [1.807, 2.05) is 0 Å². The summed E-state index contributed by atoms with van der Waals surface area (Å²) in [5.41, 5.74) is 0.0952. The van der Waals surface area contributed by atoms with E-state index in [-0.39, 0.29) is 28.6 Å². The standard InChI is InChI=1S/C14H17ClFN3O2/c1-17-13(20)9-4-6-19(7-5-9)14(21)18-12-3-2-10(15)8-11(12)16/h2-3,8-9H,4-7H2,1H3,(H,17,20)(H,18,21). The fourth-order valence-electron chi connectivity index (χ4n) is 2.33. The van der Waals surface area contributed by atoms with Gasteiger partial charge in [-0.1, -0.05) is 11.6 Å². The third kappa shape index (κ3) is 3.85. The lowest BCUT2D eigenvalue weighted by Gasteiger charge is -2.31. The fourth-order valence-corrected chi connectivity index (χ4v) is 2.49. The second-order valence-electron chi connectivity index (χ2n) is 4.93. The fraction of sp³-hybridized carbons (Fsp3) is 0.429. The van der Waals surface area contributed by atoms with Crippen molar-refractivity contribution in [3.63, 3.8) is 0 Å². The predicted octanol–water partition coefficient (Wildman–Crippen LogP) is 2.47. The van der Waals surface area contributed by atoms with Crippen LogP contribution in [0.4, 0.5) is 14.9 Å². The molecule has 1 aromatic carbocycles. The van der Waals surface area contributed by atoms with E-state index < -0.39 is 5.82 Å². The van der Waals surface area contributed by atoms with Crippen LogP contribution in [0.1, 0.15) is 12.8 Å². The molecule has 1 saturated heterocycles. The largest absolute Gasteiger partial charge is 0.359 e. The highest BCUT2D eigenvalue weighted by Gasteiger charge is 2.26. The van der Waals surface area contributed by atoms with Crippen LogP contribution in [0.5, 0.6) is 0 Å². The topological polar surface area (TPSA) is 61.4 Å². The van der Waals surface area contributed by atoms with Crippen molar-refractivity contribution in [3.8, 4) is 0 Å². The van der Waals surface area contributed by atoms with Crippen LogP contribution in [-0.2, 0) is 4.79 Å². The third-order valence-electron chi connectivity index (χ3n) is 3.57.